The van der Waals surface area contributed by atoms with Crippen LogP contribution >= 0.6 is 11.8 Å². The summed E-state index contributed by atoms with van der Waals surface area (Å²) in [6, 6.07) is 0. The molecule has 0 aromatic rings. The van der Waals surface area contributed by atoms with Crippen molar-refractivity contribution < 1.29 is 19.5 Å². The van der Waals surface area contributed by atoms with Gasteiger partial charge in [0.2, 0.25) is 11.8 Å². The summed E-state index contributed by atoms with van der Waals surface area (Å²) < 4.78 is 0. The fourth-order valence-corrected chi connectivity index (χ4v) is 2.29. The molecule has 1 fully saturated rings. The minimum Gasteiger partial charge on any atom is -0.481 e. The first-order valence-electron chi connectivity index (χ1n) is 5.85. The van der Waals surface area contributed by atoms with Crippen LogP contribution in [0.1, 0.15) is 13.3 Å². The zero-order chi connectivity index (χ0) is 13.5. The van der Waals surface area contributed by atoms with Crippen LogP contribution in [-0.2, 0) is 14.4 Å². The maximum Gasteiger partial charge on any atom is 0.313 e. The molecule has 1 rings (SSSR count). The van der Waals surface area contributed by atoms with Crippen molar-refractivity contribution in [3.63, 3.8) is 0 Å². The highest BCUT2D eigenvalue weighted by atomic mass is 32.2. The van der Waals surface area contributed by atoms with E-state index >= 15 is 0 Å². The lowest BCUT2D eigenvalue weighted by atomic mass is 10.1. The van der Waals surface area contributed by atoms with Crippen molar-refractivity contribution in [3.05, 3.63) is 0 Å². The number of likely N-dealkylation sites (tertiary alicyclic amines) is 1. The summed E-state index contributed by atoms with van der Waals surface area (Å²) in [5, 5.41) is 11.1. The van der Waals surface area contributed by atoms with Gasteiger partial charge in [-0.3, -0.25) is 14.4 Å². The molecule has 2 amide bonds. The Kier molecular flexibility index (Phi) is 5.97. The second-order valence-corrected chi connectivity index (χ2v) is 5.24. The molecule has 2 N–H and O–H groups in total. The van der Waals surface area contributed by atoms with E-state index in [0.29, 0.717) is 13.1 Å². The molecule has 0 aromatic carbocycles. The second kappa shape index (κ2) is 7.25. The zero-order valence-electron chi connectivity index (χ0n) is 10.3. The van der Waals surface area contributed by atoms with Gasteiger partial charge >= 0.3 is 5.97 Å². The van der Waals surface area contributed by atoms with Gasteiger partial charge in [0, 0.05) is 25.6 Å². The molecule has 1 aliphatic heterocycles. The first kappa shape index (κ1) is 14.8. The zero-order valence-corrected chi connectivity index (χ0v) is 11.2. The molecule has 1 aliphatic rings. The molecule has 0 aliphatic carbocycles. The predicted octanol–water partition coefficient (Wildman–Crippen LogP) is -0.211. The number of carboxylic acids is 1. The monoisotopic (exact) mass is 274 g/mol. The van der Waals surface area contributed by atoms with Crippen molar-refractivity contribution in [3.8, 4) is 0 Å². The molecule has 18 heavy (non-hydrogen) atoms. The molecule has 1 saturated heterocycles. The SMILES string of the molecule is C[C@H]1CCN(CCNC(=O)CSCC(=O)O)C1=O. The molecule has 7 heteroatoms. The molecule has 0 unspecified atom stereocenters. The number of hydrogen-bond acceptors (Lipinski definition) is 4. The molecule has 102 valence electrons. The van der Waals surface area contributed by atoms with E-state index in [-0.39, 0.29) is 29.2 Å². The molecule has 0 aromatic heterocycles. The summed E-state index contributed by atoms with van der Waals surface area (Å²) >= 11 is 1.06. The van der Waals surface area contributed by atoms with Gasteiger partial charge in [0.15, 0.2) is 0 Å². The Morgan fingerprint density at radius 1 is 1.50 bits per heavy atom. The summed E-state index contributed by atoms with van der Waals surface area (Å²) in [5.41, 5.74) is 0. The van der Waals surface area contributed by atoms with Crippen LogP contribution in [0.15, 0.2) is 0 Å². The maximum absolute atomic E-state index is 11.6. The van der Waals surface area contributed by atoms with Gasteiger partial charge < -0.3 is 15.3 Å². The van der Waals surface area contributed by atoms with Gasteiger partial charge in [-0.05, 0) is 6.42 Å². The number of thioether (sulfide) groups is 1. The first-order valence-corrected chi connectivity index (χ1v) is 7.01. The number of hydrogen-bond donors (Lipinski definition) is 2. The van der Waals surface area contributed by atoms with Crippen LogP contribution in [0, 0.1) is 5.92 Å². The van der Waals surface area contributed by atoms with Gasteiger partial charge in [-0.2, -0.15) is 0 Å². The highest BCUT2D eigenvalue weighted by molar-refractivity contribution is 8.00. The molecular weight excluding hydrogens is 256 g/mol. The van der Waals surface area contributed by atoms with Crippen molar-refractivity contribution >= 4 is 29.5 Å². The lowest BCUT2D eigenvalue weighted by molar-refractivity contribution is -0.134. The number of carbonyl (C=O) groups is 3. The number of aliphatic carboxylic acids is 1. The van der Waals surface area contributed by atoms with E-state index in [1.165, 1.54) is 0 Å². The fraction of sp³-hybridized carbons (Fsp3) is 0.727. The summed E-state index contributed by atoms with van der Waals surface area (Å²) in [7, 11) is 0. The third-order valence-corrected chi connectivity index (χ3v) is 3.65. The van der Waals surface area contributed by atoms with E-state index in [2.05, 4.69) is 5.32 Å². The predicted molar refractivity (Wildman–Crippen MR) is 68.3 cm³/mol. The standard InChI is InChI=1S/C11H18N2O4S/c1-8-2-4-13(11(8)17)5-3-12-9(14)6-18-7-10(15)16/h8H,2-7H2,1H3,(H,12,14)(H,15,16)/t8-/m0/s1. The lowest BCUT2D eigenvalue weighted by Gasteiger charge is -2.16. The van der Waals surface area contributed by atoms with Crippen molar-refractivity contribution in [1.82, 2.24) is 10.2 Å². The molecular formula is C11H18N2O4S. The average Bonchev–Trinajstić information content (AvgIpc) is 2.60. The third kappa shape index (κ3) is 4.95. The smallest absolute Gasteiger partial charge is 0.313 e. The number of amides is 2. The topological polar surface area (TPSA) is 86.7 Å². The molecule has 0 saturated carbocycles. The van der Waals surface area contributed by atoms with Crippen LogP contribution in [0.2, 0.25) is 0 Å². The number of nitrogens with one attached hydrogen (secondary N) is 1. The van der Waals surface area contributed by atoms with E-state index in [1.807, 2.05) is 6.92 Å². The van der Waals surface area contributed by atoms with Crippen LogP contribution in [0.5, 0.6) is 0 Å². The Bertz CT molecular complexity index is 335. The molecule has 0 bridgehead atoms. The third-order valence-electron chi connectivity index (χ3n) is 2.73. The molecule has 6 nitrogen and oxygen atoms in total. The lowest BCUT2D eigenvalue weighted by Crippen LogP contribution is -2.37. The van der Waals surface area contributed by atoms with E-state index in [0.717, 1.165) is 24.7 Å². The number of carbonyl (C=O) groups excluding carboxylic acids is 2. The summed E-state index contributed by atoms with van der Waals surface area (Å²) in [5.74, 6) is -0.826. The second-order valence-electron chi connectivity index (χ2n) is 4.25. The van der Waals surface area contributed by atoms with Crippen LogP contribution in [0.3, 0.4) is 0 Å². The summed E-state index contributed by atoms with van der Waals surface area (Å²) in [6.07, 6.45) is 0.876. The van der Waals surface area contributed by atoms with Gasteiger partial charge in [0.1, 0.15) is 0 Å². The normalized spacial score (nSPS) is 19.1. The van der Waals surface area contributed by atoms with Crippen LogP contribution in [0.25, 0.3) is 0 Å². The molecule has 0 spiro atoms. The fourth-order valence-electron chi connectivity index (χ4n) is 1.73. The number of carboxylic acid groups (broad SMARTS) is 1. The Morgan fingerprint density at radius 3 is 2.78 bits per heavy atom. The van der Waals surface area contributed by atoms with E-state index in [4.69, 9.17) is 5.11 Å². The van der Waals surface area contributed by atoms with Crippen LogP contribution in [-0.4, -0.2) is 58.9 Å². The Balaban J connectivity index is 2.09. The quantitative estimate of drug-likeness (QED) is 0.671. The van der Waals surface area contributed by atoms with E-state index in [1.54, 1.807) is 4.90 Å². The van der Waals surface area contributed by atoms with Gasteiger partial charge in [0.25, 0.3) is 0 Å². The van der Waals surface area contributed by atoms with Gasteiger partial charge in [0.05, 0.1) is 11.5 Å². The van der Waals surface area contributed by atoms with E-state index in [9.17, 15) is 14.4 Å². The highest BCUT2D eigenvalue weighted by Crippen LogP contribution is 2.15. The van der Waals surface area contributed by atoms with Crippen LogP contribution in [0.4, 0.5) is 0 Å². The minimum atomic E-state index is -0.926. The summed E-state index contributed by atoms with van der Waals surface area (Å²) in [6.45, 7) is 3.61. The largest absolute Gasteiger partial charge is 0.481 e. The Morgan fingerprint density at radius 2 is 2.22 bits per heavy atom. The Labute approximate surface area is 110 Å². The Hall–Kier alpha value is -1.24. The van der Waals surface area contributed by atoms with Crippen molar-refractivity contribution in [1.29, 1.82) is 0 Å². The summed E-state index contributed by atoms with van der Waals surface area (Å²) in [4.78, 5) is 34.9. The first-order chi connectivity index (χ1) is 8.50. The highest BCUT2D eigenvalue weighted by Gasteiger charge is 2.27. The average molecular weight is 274 g/mol. The van der Waals surface area contributed by atoms with Gasteiger partial charge in [-0.15, -0.1) is 11.8 Å². The van der Waals surface area contributed by atoms with Gasteiger partial charge in [-0.25, -0.2) is 0 Å². The molecule has 1 heterocycles. The maximum atomic E-state index is 11.6. The van der Waals surface area contributed by atoms with Crippen molar-refractivity contribution in [2.24, 2.45) is 5.92 Å². The van der Waals surface area contributed by atoms with E-state index < -0.39 is 5.97 Å². The number of nitrogens with zero attached hydrogens (tertiary/aromatic N) is 1. The van der Waals surface area contributed by atoms with Crippen LogP contribution < -0.4 is 5.32 Å². The minimum absolute atomic E-state index is 0.0739. The number of rotatable bonds is 7. The molecule has 1 atom stereocenters. The molecule has 0 radical (unpaired) electrons. The van der Waals surface area contributed by atoms with Crippen molar-refractivity contribution in [2.45, 2.75) is 13.3 Å². The van der Waals surface area contributed by atoms with Crippen molar-refractivity contribution in [2.75, 3.05) is 31.1 Å². The van der Waals surface area contributed by atoms with Gasteiger partial charge in [-0.1, -0.05) is 6.92 Å².